The summed E-state index contributed by atoms with van der Waals surface area (Å²) in [7, 11) is 0. The average Bonchev–Trinajstić information content (AvgIpc) is 3.30. The van der Waals surface area contributed by atoms with E-state index in [0.717, 1.165) is 21.1 Å². The van der Waals surface area contributed by atoms with Crippen molar-refractivity contribution in [3.63, 3.8) is 0 Å². The highest BCUT2D eigenvalue weighted by Crippen LogP contribution is 2.30. The molecule has 27 heavy (non-hydrogen) atoms. The summed E-state index contributed by atoms with van der Waals surface area (Å²) in [5.74, 6) is -0.235. The van der Waals surface area contributed by atoms with Gasteiger partial charge in [-0.3, -0.25) is 10.1 Å². The van der Waals surface area contributed by atoms with Crippen molar-refractivity contribution in [2.45, 2.75) is 6.92 Å². The van der Waals surface area contributed by atoms with Crippen LogP contribution >= 0.6 is 34.3 Å². The van der Waals surface area contributed by atoms with Crippen molar-refractivity contribution in [3.05, 3.63) is 70.2 Å². The Morgan fingerprint density at radius 3 is 2.37 bits per heavy atom. The molecule has 1 N–H and O–H groups in total. The lowest BCUT2D eigenvalue weighted by molar-refractivity contribution is 0.102. The van der Waals surface area contributed by atoms with E-state index in [2.05, 4.69) is 20.5 Å². The van der Waals surface area contributed by atoms with Crippen LogP contribution in [0.15, 0.2) is 54.6 Å². The zero-order valence-electron chi connectivity index (χ0n) is 14.1. The third-order valence-electron chi connectivity index (χ3n) is 3.76. The van der Waals surface area contributed by atoms with Crippen LogP contribution in [0.2, 0.25) is 5.02 Å². The molecule has 0 bridgehead atoms. The lowest BCUT2D eigenvalue weighted by Gasteiger charge is -1.98. The molecule has 0 saturated carbocycles. The van der Waals surface area contributed by atoms with Gasteiger partial charge in [-0.1, -0.05) is 65.4 Å². The zero-order valence-corrected chi connectivity index (χ0v) is 16.5. The maximum Gasteiger partial charge on any atom is 0.269 e. The smallest absolute Gasteiger partial charge is 0.269 e. The molecule has 0 aliphatic rings. The summed E-state index contributed by atoms with van der Waals surface area (Å²) >= 11 is 8.60. The molecule has 2 heterocycles. The van der Waals surface area contributed by atoms with Gasteiger partial charge in [-0.15, -0.1) is 21.5 Å². The molecule has 0 fully saturated rings. The molecule has 4 aromatic rings. The maximum absolute atomic E-state index is 12.7. The van der Waals surface area contributed by atoms with E-state index in [0.29, 0.717) is 20.7 Å². The van der Waals surface area contributed by atoms with Crippen LogP contribution in [0.3, 0.4) is 0 Å². The van der Waals surface area contributed by atoms with Crippen LogP contribution in [0.5, 0.6) is 0 Å². The molecule has 2 aromatic carbocycles. The summed E-state index contributed by atoms with van der Waals surface area (Å²) in [4.78, 5) is 17.7. The standard InChI is InChI=1S/C19H13ClN4OS2/c1-11-15(26-17(21-11)13-7-9-14(20)10-8-13)16(25)22-19-24-23-18(27-19)12-5-3-2-4-6-12/h2-10H,1H3,(H,22,24,25). The maximum atomic E-state index is 12.7. The molecule has 0 atom stereocenters. The minimum absolute atomic E-state index is 0.235. The van der Waals surface area contributed by atoms with Crippen LogP contribution in [0.4, 0.5) is 5.13 Å². The lowest BCUT2D eigenvalue weighted by atomic mass is 10.2. The van der Waals surface area contributed by atoms with E-state index in [9.17, 15) is 4.79 Å². The molecular weight excluding hydrogens is 400 g/mol. The molecule has 0 saturated heterocycles. The van der Waals surface area contributed by atoms with Crippen LogP contribution in [-0.2, 0) is 0 Å². The number of rotatable bonds is 4. The van der Waals surface area contributed by atoms with E-state index in [1.165, 1.54) is 22.7 Å². The summed E-state index contributed by atoms with van der Waals surface area (Å²) in [6.07, 6.45) is 0. The largest absolute Gasteiger partial charge is 0.296 e. The van der Waals surface area contributed by atoms with Gasteiger partial charge in [0.15, 0.2) is 0 Å². The first kappa shape index (κ1) is 17.8. The highest BCUT2D eigenvalue weighted by atomic mass is 35.5. The van der Waals surface area contributed by atoms with E-state index in [1.54, 1.807) is 12.1 Å². The number of aryl methyl sites for hydroxylation is 1. The van der Waals surface area contributed by atoms with E-state index in [-0.39, 0.29) is 5.91 Å². The minimum atomic E-state index is -0.235. The Labute approximate surface area is 168 Å². The van der Waals surface area contributed by atoms with Crippen molar-refractivity contribution < 1.29 is 4.79 Å². The molecule has 2 aromatic heterocycles. The van der Waals surface area contributed by atoms with Crippen LogP contribution in [0.1, 0.15) is 15.4 Å². The molecule has 0 aliphatic carbocycles. The second-order valence-corrected chi connectivity index (χ2v) is 8.09. The first-order chi connectivity index (χ1) is 13.1. The third kappa shape index (κ3) is 3.90. The number of carbonyl (C=O) groups excluding carboxylic acids is 1. The lowest BCUT2D eigenvalue weighted by Crippen LogP contribution is -2.11. The number of hydrogen-bond donors (Lipinski definition) is 1. The van der Waals surface area contributed by atoms with Crippen molar-refractivity contribution >= 4 is 45.3 Å². The number of halogens is 1. The molecule has 0 unspecified atom stereocenters. The topological polar surface area (TPSA) is 67.8 Å². The quantitative estimate of drug-likeness (QED) is 0.477. The number of aromatic nitrogens is 3. The van der Waals surface area contributed by atoms with Crippen LogP contribution < -0.4 is 5.32 Å². The first-order valence-corrected chi connectivity index (χ1v) is 10.0. The second kappa shape index (κ2) is 7.56. The molecule has 134 valence electrons. The van der Waals surface area contributed by atoms with Gasteiger partial charge in [0.05, 0.1) is 5.69 Å². The molecule has 8 heteroatoms. The van der Waals surface area contributed by atoms with Gasteiger partial charge in [-0.25, -0.2) is 4.98 Å². The number of carbonyl (C=O) groups is 1. The van der Waals surface area contributed by atoms with Gasteiger partial charge in [0, 0.05) is 16.1 Å². The molecular formula is C19H13ClN4OS2. The average molecular weight is 413 g/mol. The van der Waals surface area contributed by atoms with Crippen LogP contribution in [0.25, 0.3) is 21.1 Å². The number of thiazole rings is 1. The van der Waals surface area contributed by atoms with Crippen LogP contribution in [-0.4, -0.2) is 21.1 Å². The SMILES string of the molecule is Cc1nc(-c2ccc(Cl)cc2)sc1C(=O)Nc1nnc(-c2ccccc2)s1. The molecule has 0 radical (unpaired) electrons. The normalized spacial score (nSPS) is 10.7. The number of nitrogens with zero attached hydrogens (tertiary/aromatic N) is 3. The Hall–Kier alpha value is -2.61. The van der Waals surface area contributed by atoms with Crippen molar-refractivity contribution in [2.24, 2.45) is 0 Å². The molecule has 4 rings (SSSR count). The number of hydrogen-bond acceptors (Lipinski definition) is 6. The highest BCUT2D eigenvalue weighted by Gasteiger charge is 2.18. The number of anilines is 1. The van der Waals surface area contributed by atoms with E-state index >= 15 is 0 Å². The van der Waals surface area contributed by atoms with E-state index in [1.807, 2.05) is 49.4 Å². The molecule has 5 nitrogen and oxygen atoms in total. The zero-order chi connectivity index (χ0) is 18.8. The van der Waals surface area contributed by atoms with Gasteiger partial charge < -0.3 is 0 Å². The van der Waals surface area contributed by atoms with Gasteiger partial charge in [0.2, 0.25) is 5.13 Å². The van der Waals surface area contributed by atoms with Gasteiger partial charge in [-0.2, -0.15) is 0 Å². The van der Waals surface area contributed by atoms with E-state index in [4.69, 9.17) is 11.6 Å². The number of amides is 1. The number of nitrogens with one attached hydrogen (secondary N) is 1. The fraction of sp³-hybridized carbons (Fsp3) is 0.0526. The Morgan fingerprint density at radius 2 is 1.63 bits per heavy atom. The van der Waals surface area contributed by atoms with Crippen LogP contribution in [0, 0.1) is 6.92 Å². The van der Waals surface area contributed by atoms with Gasteiger partial charge in [-0.05, 0) is 19.1 Å². The van der Waals surface area contributed by atoms with Gasteiger partial charge in [0.25, 0.3) is 5.91 Å². The molecule has 0 aliphatic heterocycles. The van der Waals surface area contributed by atoms with Gasteiger partial charge >= 0.3 is 0 Å². The highest BCUT2D eigenvalue weighted by molar-refractivity contribution is 7.19. The molecule has 0 spiro atoms. The van der Waals surface area contributed by atoms with Crippen molar-refractivity contribution in [1.82, 2.24) is 15.2 Å². The predicted molar refractivity (Wildman–Crippen MR) is 111 cm³/mol. The minimum Gasteiger partial charge on any atom is -0.296 e. The summed E-state index contributed by atoms with van der Waals surface area (Å²) in [5, 5.41) is 13.7. The van der Waals surface area contributed by atoms with Crippen molar-refractivity contribution in [3.8, 4) is 21.1 Å². The van der Waals surface area contributed by atoms with Crippen molar-refractivity contribution in [1.29, 1.82) is 0 Å². The van der Waals surface area contributed by atoms with Crippen molar-refractivity contribution in [2.75, 3.05) is 5.32 Å². The second-order valence-electron chi connectivity index (χ2n) is 5.67. The summed E-state index contributed by atoms with van der Waals surface area (Å²) in [5.41, 5.74) is 2.57. The third-order valence-corrected chi connectivity index (χ3v) is 6.11. The Balaban J connectivity index is 1.54. The summed E-state index contributed by atoms with van der Waals surface area (Å²) < 4.78 is 0. The Bertz CT molecular complexity index is 1090. The summed E-state index contributed by atoms with van der Waals surface area (Å²) in [6, 6.07) is 17.1. The first-order valence-electron chi connectivity index (χ1n) is 8.04. The fourth-order valence-electron chi connectivity index (χ4n) is 2.45. The summed E-state index contributed by atoms with van der Waals surface area (Å²) in [6.45, 7) is 1.82. The Morgan fingerprint density at radius 1 is 0.926 bits per heavy atom. The van der Waals surface area contributed by atoms with Gasteiger partial charge in [0.1, 0.15) is 14.9 Å². The van der Waals surface area contributed by atoms with E-state index < -0.39 is 0 Å². The number of benzene rings is 2. The molecule has 1 amide bonds. The monoisotopic (exact) mass is 412 g/mol. The predicted octanol–water partition coefficient (Wildman–Crippen LogP) is 5.54. The Kier molecular flexibility index (Phi) is 4.98. The fourth-order valence-corrected chi connectivity index (χ4v) is 4.29.